The quantitative estimate of drug-likeness (QED) is 0.639. The van der Waals surface area contributed by atoms with Gasteiger partial charge in [0.1, 0.15) is 0 Å². The van der Waals surface area contributed by atoms with Crippen molar-refractivity contribution in [3.8, 4) is 11.3 Å². The maximum atomic E-state index is 12.9. The Labute approximate surface area is 167 Å². The zero-order chi connectivity index (χ0) is 21.0. The molecule has 0 aliphatic carbocycles. The van der Waals surface area contributed by atoms with Crippen LogP contribution in [0, 0.1) is 0 Å². The second-order valence-corrected chi connectivity index (χ2v) is 6.96. The fraction of sp³-hybridized carbons (Fsp3) is 0.286. The van der Waals surface area contributed by atoms with Crippen molar-refractivity contribution in [3.63, 3.8) is 0 Å². The van der Waals surface area contributed by atoms with Crippen molar-refractivity contribution in [1.29, 1.82) is 0 Å². The van der Waals surface area contributed by atoms with E-state index in [-0.39, 0.29) is 17.9 Å². The highest BCUT2D eigenvalue weighted by atomic mass is 19.4. The third kappa shape index (κ3) is 5.29. The van der Waals surface area contributed by atoms with Gasteiger partial charge in [0.05, 0.1) is 11.3 Å². The predicted octanol–water partition coefficient (Wildman–Crippen LogP) is 4.42. The molecule has 0 radical (unpaired) electrons. The first-order valence-electron chi connectivity index (χ1n) is 9.17. The van der Waals surface area contributed by atoms with Crippen molar-refractivity contribution >= 4 is 5.95 Å². The molecule has 5 nitrogen and oxygen atoms in total. The summed E-state index contributed by atoms with van der Waals surface area (Å²) in [6, 6.07) is 8.97. The number of nitrogens with zero attached hydrogens (tertiary/aromatic N) is 3. The first kappa shape index (κ1) is 20.7. The Morgan fingerprint density at radius 1 is 1.00 bits per heavy atom. The maximum absolute atomic E-state index is 12.9. The summed E-state index contributed by atoms with van der Waals surface area (Å²) in [5.74, 6) is 0.384. The van der Waals surface area contributed by atoms with Crippen LogP contribution in [0.1, 0.15) is 36.5 Å². The molecule has 1 aromatic carbocycles. The van der Waals surface area contributed by atoms with E-state index < -0.39 is 11.7 Å². The van der Waals surface area contributed by atoms with Crippen molar-refractivity contribution in [2.24, 2.45) is 0 Å². The van der Waals surface area contributed by atoms with Gasteiger partial charge in [0.15, 0.2) is 0 Å². The minimum absolute atomic E-state index is 0.133. The molecule has 29 heavy (non-hydrogen) atoms. The Kier molecular flexibility index (Phi) is 6.12. The molecule has 8 heteroatoms. The molecule has 0 amide bonds. The van der Waals surface area contributed by atoms with Gasteiger partial charge >= 0.3 is 6.18 Å². The van der Waals surface area contributed by atoms with Crippen LogP contribution in [-0.4, -0.2) is 21.0 Å². The fourth-order valence-corrected chi connectivity index (χ4v) is 2.90. The SMILES string of the molecule is C[C@H](NCc1cnc(N)nc1)[C@H](C)c1ccc(-c2cccc(C(F)(F)F)c2)nc1. The van der Waals surface area contributed by atoms with E-state index in [9.17, 15) is 13.2 Å². The number of hydrogen-bond acceptors (Lipinski definition) is 5. The standard InChI is InChI=1S/C21H22F3N5/c1-13(14(2)26-9-15-10-28-20(25)29-11-15)17-6-7-19(27-12-17)16-4-3-5-18(8-16)21(22,23)24/h3-8,10-14,26H,9H2,1-2H3,(H2,25,28,29)/t13-,14-/m0/s1. The normalized spacial score (nSPS) is 13.8. The molecular weight excluding hydrogens is 379 g/mol. The molecule has 3 N–H and O–H groups in total. The number of hydrogen-bond donors (Lipinski definition) is 2. The molecule has 0 saturated heterocycles. The summed E-state index contributed by atoms with van der Waals surface area (Å²) in [6.45, 7) is 4.73. The highest BCUT2D eigenvalue weighted by molar-refractivity contribution is 5.60. The number of benzene rings is 1. The Balaban J connectivity index is 1.66. The van der Waals surface area contributed by atoms with E-state index in [1.807, 2.05) is 6.07 Å². The highest BCUT2D eigenvalue weighted by Gasteiger charge is 2.30. The van der Waals surface area contributed by atoms with E-state index in [2.05, 4.69) is 34.1 Å². The zero-order valence-electron chi connectivity index (χ0n) is 16.1. The van der Waals surface area contributed by atoms with E-state index in [0.717, 1.165) is 23.3 Å². The van der Waals surface area contributed by atoms with Gasteiger partial charge in [-0.05, 0) is 36.6 Å². The third-order valence-electron chi connectivity index (χ3n) is 4.90. The number of nitrogens with two attached hydrogens (primary N) is 1. The highest BCUT2D eigenvalue weighted by Crippen LogP contribution is 2.32. The summed E-state index contributed by atoms with van der Waals surface area (Å²) < 4.78 is 38.7. The van der Waals surface area contributed by atoms with Gasteiger partial charge in [-0.15, -0.1) is 0 Å². The van der Waals surface area contributed by atoms with Crippen LogP contribution in [0.5, 0.6) is 0 Å². The van der Waals surface area contributed by atoms with E-state index in [1.54, 1.807) is 30.7 Å². The molecule has 3 aromatic rings. The smallest absolute Gasteiger partial charge is 0.368 e. The van der Waals surface area contributed by atoms with Crippen LogP contribution in [-0.2, 0) is 12.7 Å². The number of alkyl halides is 3. The Hall–Kier alpha value is -3.00. The number of nitrogen functional groups attached to an aromatic ring is 1. The topological polar surface area (TPSA) is 76.7 Å². The minimum Gasteiger partial charge on any atom is -0.368 e. The molecule has 0 fully saturated rings. The van der Waals surface area contributed by atoms with Crippen LogP contribution in [0.3, 0.4) is 0 Å². The number of rotatable bonds is 6. The van der Waals surface area contributed by atoms with Gasteiger partial charge in [-0.3, -0.25) is 4.98 Å². The molecule has 0 unspecified atom stereocenters. The Morgan fingerprint density at radius 3 is 2.34 bits per heavy atom. The molecule has 0 saturated carbocycles. The van der Waals surface area contributed by atoms with Crippen molar-refractivity contribution in [3.05, 3.63) is 71.7 Å². The van der Waals surface area contributed by atoms with Crippen molar-refractivity contribution in [2.75, 3.05) is 5.73 Å². The second kappa shape index (κ2) is 8.57. The lowest BCUT2D eigenvalue weighted by molar-refractivity contribution is -0.137. The van der Waals surface area contributed by atoms with E-state index in [4.69, 9.17) is 5.73 Å². The van der Waals surface area contributed by atoms with E-state index in [0.29, 0.717) is 17.8 Å². The van der Waals surface area contributed by atoms with E-state index >= 15 is 0 Å². The zero-order valence-corrected chi connectivity index (χ0v) is 16.1. The molecule has 152 valence electrons. The van der Waals surface area contributed by atoms with Crippen LogP contribution < -0.4 is 11.1 Å². The Bertz CT molecular complexity index is 940. The first-order chi connectivity index (χ1) is 13.7. The van der Waals surface area contributed by atoms with Crippen LogP contribution in [0.15, 0.2) is 55.0 Å². The lowest BCUT2D eigenvalue weighted by atomic mass is 9.95. The molecule has 3 rings (SSSR count). The van der Waals surface area contributed by atoms with Crippen molar-refractivity contribution in [1.82, 2.24) is 20.3 Å². The number of nitrogens with one attached hydrogen (secondary N) is 1. The number of aromatic nitrogens is 3. The first-order valence-corrected chi connectivity index (χ1v) is 9.17. The molecule has 2 aromatic heterocycles. The largest absolute Gasteiger partial charge is 0.416 e. The summed E-state index contributed by atoms with van der Waals surface area (Å²) >= 11 is 0. The van der Waals surface area contributed by atoms with Crippen LogP contribution in [0.2, 0.25) is 0 Å². The summed E-state index contributed by atoms with van der Waals surface area (Å²) in [4.78, 5) is 12.3. The van der Waals surface area contributed by atoms with Gasteiger partial charge in [-0.2, -0.15) is 13.2 Å². The molecule has 0 spiro atoms. The summed E-state index contributed by atoms with van der Waals surface area (Å²) in [7, 11) is 0. The van der Waals surface area contributed by atoms with E-state index in [1.165, 1.54) is 6.07 Å². The summed E-state index contributed by atoms with van der Waals surface area (Å²) in [6.07, 6.45) is 0.697. The second-order valence-electron chi connectivity index (χ2n) is 6.96. The van der Waals surface area contributed by atoms with Gasteiger partial charge in [0.25, 0.3) is 0 Å². The van der Waals surface area contributed by atoms with Gasteiger partial charge in [-0.25, -0.2) is 9.97 Å². The molecular formula is C21H22F3N5. The summed E-state index contributed by atoms with van der Waals surface area (Å²) in [5, 5.41) is 3.41. The van der Waals surface area contributed by atoms with Crippen LogP contribution >= 0.6 is 0 Å². The van der Waals surface area contributed by atoms with Crippen molar-refractivity contribution in [2.45, 2.75) is 38.5 Å². The average Bonchev–Trinajstić information content (AvgIpc) is 2.72. The van der Waals surface area contributed by atoms with Gasteiger partial charge in [0, 0.05) is 42.3 Å². The van der Waals surface area contributed by atoms with Crippen LogP contribution in [0.25, 0.3) is 11.3 Å². The number of pyridine rings is 1. The molecule has 0 aliphatic rings. The number of anilines is 1. The number of halogens is 3. The molecule has 0 aliphatic heterocycles. The lowest BCUT2D eigenvalue weighted by Gasteiger charge is -2.21. The average molecular weight is 401 g/mol. The third-order valence-corrected chi connectivity index (χ3v) is 4.90. The van der Waals surface area contributed by atoms with Crippen molar-refractivity contribution < 1.29 is 13.2 Å². The lowest BCUT2D eigenvalue weighted by Crippen LogP contribution is -2.30. The minimum atomic E-state index is -4.37. The Morgan fingerprint density at radius 2 is 1.72 bits per heavy atom. The maximum Gasteiger partial charge on any atom is 0.416 e. The molecule has 0 bridgehead atoms. The molecule has 2 atom stereocenters. The van der Waals surface area contributed by atoms with Gasteiger partial charge in [-0.1, -0.05) is 25.1 Å². The predicted molar refractivity (Wildman–Crippen MR) is 106 cm³/mol. The summed E-state index contributed by atoms with van der Waals surface area (Å²) in [5.41, 5.74) is 7.67. The van der Waals surface area contributed by atoms with Gasteiger partial charge in [0.2, 0.25) is 5.95 Å². The monoisotopic (exact) mass is 401 g/mol. The van der Waals surface area contributed by atoms with Gasteiger partial charge < -0.3 is 11.1 Å². The molecule has 2 heterocycles. The fourth-order valence-electron chi connectivity index (χ4n) is 2.90. The van der Waals surface area contributed by atoms with Crippen LogP contribution in [0.4, 0.5) is 19.1 Å².